The molecule has 1 aliphatic rings. The van der Waals surface area contributed by atoms with E-state index in [1.165, 1.54) is 0 Å². The van der Waals surface area contributed by atoms with Gasteiger partial charge in [0.15, 0.2) is 0 Å². The Labute approximate surface area is 43.7 Å². The summed E-state index contributed by atoms with van der Waals surface area (Å²) in [6.45, 7) is 3.31. The van der Waals surface area contributed by atoms with Crippen LogP contribution in [0.3, 0.4) is 0 Å². The highest BCUT2D eigenvalue weighted by Crippen LogP contribution is 2.41. The van der Waals surface area contributed by atoms with Gasteiger partial charge in [-0.05, 0) is 32.6 Å². The molecule has 1 fully saturated rings. The van der Waals surface area contributed by atoms with Crippen molar-refractivity contribution >= 4 is 0 Å². The van der Waals surface area contributed by atoms with Crippen molar-refractivity contribution in [1.29, 1.82) is 0 Å². The fourth-order valence-corrected chi connectivity index (χ4v) is 0.770. The molecule has 0 spiro atoms. The molecule has 0 radical (unpaired) electrons. The lowest BCUT2D eigenvalue weighted by Gasteiger charge is -2.10. The van der Waals surface area contributed by atoms with Crippen LogP contribution in [0.4, 0.5) is 4.39 Å². The van der Waals surface area contributed by atoms with E-state index in [4.69, 9.17) is 0 Å². The second kappa shape index (κ2) is 1.21. The zero-order valence-electron chi connectivity index (χ0n) is 4.87. The van der Waals surface area contributed by atoms with Gasteiger partial charge in [0.25, 0.3) is 0 Å². The summed E-state index contributed by atoms with van der Waals surface area (Å²) in [5.41, 5.74) is -0.889. The van der Waals surface area contributed by atoms with Crippen molar-refractivity contribution in [3.8, 4) is 0 Å². The van der Waals surface area contributed by atoms with Crippen LogP contribution in [0.5, 0.6) is 0 Å². The van der Waals surface area contributed by atoms with Gasteiger partial charge in [-0.25, -0.2) is 4.39 Å². The minimum atomic E-state index is -0.889. The van der Waals surface area contributed by atoms with Gasteiger partial charge in [0.1, 0.15) is 5.67 Å². The average molecular weight is 102 g/mol. The van der Waals surface area contributed by atoms with Gasteiger partial charge in [0, 0.05) is 0 Å². The van der Waals surface area contributed by atoms with Gasteiger partial charge in [-0.1, -0.05) is 0 Å². The Kier molecular flexibility index (Phi) is 0.875. The van der Waals surface area contributed by atoms with E-state index in [1.54, 1.807) is 13.8 Å². The predicted molar refractivity (Wildman–Crippen MR) is 27.9 cm³/mol. The molecule has 1 saturated carbocycles. The second-order valence-corrected chi connectivity index (χ2v) is 2.84. The number of alkyl halides is 1. The van der Waals surface area contributed by atoms with Gasteiger partial charge < -0.3 is 0 Å². The van der Waals surface area contributed by atoms with E-state index in [-0.39, 0.29) is 0 Å². The van der Waals surface area contributed by atoms with E-state index < -0.39 is 5.67 Å². The SMILES string of the molecule is CC(C)(F)C1CC1. The quantitative estimate of drug-likeness (QED) is 0.476. The first-order valence-electron chi connectivity index (χ1n) is 2.79. The average Bonchev–Trinajstić information content (AvgIpc) is 1.99. The topological polar surface area (TPSA) is 0 Å². The Morgan fingerprint density at radius 1 is 1.43 bits per heavy atom. The van der Waals surface area contributed by atoms with Crippen LogP contribution in [-0.2, 0) is 0 Å². The minimum absolute atomic E-state index is 0.382. The third-order valence-corrected chi connectivity index (χ3v) is 1.55. The fraction of sp³-hybridized carbons (Fsp3) is 1.00. The molecule has 0 aromatic carbocycles. The molecule has 0 nitrogen and oxygen atoms in total. The van der Waals surface area contributed by atoms with Crippen LogP contribution in [0.1, 0.15) is 26.7 Å². The maximum atomic E-state index is 12.6. The molecule has 0 heterocycles. The van der Waals surface area contributed by atoms with Crippen molar-refractivity contribution in [3.63, 3.8) is 0 Å². The van der Waals surface area contributed by atoms with Gasteiger partial charge in [0.05, 0.1) is 0 Å². The Balaban J connectivity index is 2.36. The van der Waals surface area contributed by atoms with Crippen LogP contribution >= 0.6 is 0 Å². The van der Waals surface area contributed by atoms with Crippen molar-refractivity contribution in [2.75, 3.05) is 0 Å². The summed E-state index contributed by atoms with van der Waals surface area (Å²) in [4.78, 5) is 0. The van der Waals surface area contributed by atoms with Crippen LogP contribution in [0, 0.1) is 5.92 Å². The molecule has 1 aliphatic carbocycles. The van der Waals surface area contributed by atoms with Gasteiger partial charge in [-0.3, -0.25) is 0 Å². The van der Waals surface area contributed by atoms with Gasteiger partial charge in [-0.2, -0.15) is 0 Å². The third kappa shape index (κ3) is 1.15. The summed E-state index contributed by atoms with van der Waals surface area (Å²) in [6.07, 6.45) is 2.20. The standard InChI is InChI=1S/C6H11F/c1-6(2,7)5-3-4-5/h5H,3-4H2,1-2H3. The van der Waals surface area contributed by atoms with Crippen LogP contribution in [0.2, 0.25) is 0 Å². The molecule has 1 heteroatoms. The Bertz CT molecular complexity index is 66.7. The molecule has 0 unspecified atom stereocenters. The number of hydrogen-bond donors (Lipinski definition) is 0. The minimum Gasteiger partial charge on any atom is -0.244 e. The van der Waals surface area contributed by atoms with Crippen molar-refractivity contribution < 1.29 is 4.39 Å². The van der Waals surface area contributed by atoms with E-state index in [0.29, 0.717) is 5.92 Å². The largest absolute Gasteiger partial charge is 0.244 e. The highest BCUT2D eigenvalue weighted by molar-refractivity contribution is 4.87. The number of hydrogen-bond acceptors (Lipinski definition) is 0. The van der Waals surface area contributed by atoms with Crippen molar-refractivity contribution in [2.45, 2.75) is 32.4 Å². The lowest BCUT2D eigenvalue weighted by molar-refractivity contribution is 0.184. The lowest BCUT2D eigenvalue weighted by atomic mass is 10.1. The van der Waals surface area contributed by atoms with Crippen molar-refractivity contribution in [1.82, 2.24) is 0 Å². The normalized spacial score (nSPS) is 22.7. The summed E-state index contributed by atoms with van der Waals surface area (Å²) < 4.78 is 12.6. The van der Waals surface area contributed by atoms with Crippen LogP contribution in [-0.4, -0.2) is 5.67 Å². The van der Waals surface area contributed by atoms with Gasteiger partial charge in [-0.15, -0.1) is 0 Å². The first-order valence-corrected chi connectivity index (χ1v) is 2.79. The van der Waals surface area contributed by atoms with Gasteiger partial charge >= 0.3 is 0 Å². The van der Waals surface area contributed by atoms with Gasteiger partial charge in [0.2, 0.25) is 0 Å². The molecule has 7 heavy (non-hydrogen) atoms. The van der Waals surface area contributed by atoms with Crippen molar-refractivity contribution in [3.05, 3.63) is 0 Å². The van der Waals surface area contributed by atoms with Crippen LogP contribution in [0.15, 0.2) is 0 Å². The maximum absolute atomic E-state index is 12.6. The summed E-state index contributed by atoms with van der Waals surface area (Å²) in [5.74, 6) is 0.382. The fourth-order valence-electron chi connectivity index (χ4n) is 0.770. The molecule has 0 atom stereocenters. The molecule has 1 rings (SSSR count). The molecule has 0 amide bonds. The highest BCUT2D eigenvalue weighted by atomic mass is 19.1. The van der Waals surface area contributed by atoms with Crippen LogP contribution in [0.25, 0.3) is 0 Å². The predicted octanol–water partition coefficient (Wildman–Crippen LogP) is 2.14. The summed E-state index contributed by atoms with van der Waals surface area (Å²) in [5, 5.41) is 0. The maximum Gasteiger partial charge on any atom is 0.108 e. The molecular weight excluding hydrogens is 91.1 g/mol. The third-order valence-electron chi connectivity index (χ3n) is 1.55. The Hall–Kier alpha value is -0.0700. The van der Waals surface area contributed by atoms with E-state index in [0.717, 1.165) is 12.8 Å². The van der Waals surface area contributed by atoms with E-state index in [9.17, 15) is 4.39 Å². The Morgan fingerprint density at radius 2 is 1.86 bits per heavy atom. The molecule has 42 valence electrons. The van der Waals surface area contributed by atoms with E-state index in [1.807, 2.05) is 0 Å². The Morgan fingerprint density at radius 3 is 1.86 bits per heavy atom. The smallest absolute Gasteiger partial charge is 0.108 e. The first kappa shape index (κ1) is 5.07. The number of rotatable bonds is 1. The summed E-state index contributed by atoms with van der Waals surface area (Å²) >= 11 is 0. The van der Waals surface area contributed by atoms with Crippen LogP contribution < -0.4 is 0 Å². The lowest BCUT2D eigenvalue weighted by Crippen LogP contribution is -2.13. The second-order valence-electron chi connectivity index (χ2n) is 2.84. The van der Waals surface area contributed by atoms with Crippen molar-refractivity contribution in [2.24, 2.45) is 5.92 Å². The monoisotopic (exact) mass is 102 g/mol. The molecule has 0 aromatic rings. The van der Waals surface area contributed by atoms with E-state index >= 15 is 0 Å². The molecule has 0 N–H and O–H groups in total. The highest BCUT2D eigenvalue weighted by Gasteiger charge is 2.37. The zero-order valence-corrected chi connectivity index (χ0v) is 4.87. The molecule has 0 aromatic heterocycles. The first-order chi connectivity index (χ1) is 3.11. The molecular formula is C6H11F. The van der Waals surface area contributed by atoms with E-state index in [2.05, 4.69) is 0 Å². The molecule has 0 saturated heterocycles. The summed E-state index contributed by atoms with van der Waals surface area (Å²) in [7, 11) is 0. The molecule has 0 aliphatic heterocycles. The summed E-state index contributed by atoms with van der Waals surface area (Å²) in [6, 6.07) is 0. The number of halogens is 1. The molecule has 0 bridgehead atoms. The zero-order chi connectivity index (χ0) is 5.49.